The van der Waals surface area contributed by atoms with E-state index in [0.29, 0.717) is 13.0 Å². The maximum absolute atomic E-state index is 5.64. The van der Waals surface area contributed by atoms with Crippen molar-refractivity contribution in [2.45, 2.75) is 13.0 Å². The fourth-order valence-electron chi connectivity index (χ4n) is 2.19. The van der Waals surface area contributed by atoms with Gasteiger partial charge in [-0.05, 0) is 23.8 Å². The molecule has 5 heteroatoms. The van der Waals surface area contributed by atoms with E-state index in [1.165, 1.54) is 0 Å². The van der Waals surface area contributed by atoms with Crippen LogP contribution in [0.15, 0.2) is 42.6 Å². The standard InChI is InChI=1S/C15H16N4O/c1-20-13-5-3-2-4-12(13)9-14-17-15-8-11(10-16)6-7-19(15)18-14/h2-8H,9-10,16H2,1H3. The molecule has 5 nitrogen and oxygen atoms in total. The fraction of sp³-hybridized carbons (Fsp3) is 0.200. The average molecular weight is 268 g/mol. The second-order valence-corrected chi connectivity index (χ2v) is 4.56. The summed E-state index contributed by atoms with van der Waals surface area (Å²) in [5.41, 5.74) is 8.58. The van der Waals surface area contributed by atoms with Crippen molar-refractivity contribution in [1.29, 1.82) is 0 Å². The number of nitrogens with zero attached hydrogens (tertiary/aromatic N) is 3. The van der Waals surface area contributed by atoms with E-state index in [1.54, 1.807) is 11.6 Å². The number of rotatable bonds is 4. The molecule has 102 valence electrons. The Morgan fingerprint density at radius 3 is 2.90 bits per heavy atom. The topological polar surface area (TPSA) is 65.4 Å². The highest BCUT2D eigenvalue weighted by Crippen LogP contribution is 2.20. The Morgan fingerprint density at radius 2 is 2.10 bits per heavy atom. The third-order valence-electron chi connectivity index (χ3n) is 3.22. The van der Waals surface area contributed by atoms with Gasteiger partial charge in [0.25, 0.3) is 0 Å². The van der Waals surface area contributed by atoms with Crippen molar-refractivity contribution in [2.24, 2.45) is 5.73 Å². The minimum absolute atomic E-state index is 0.505. The molecule has 3 rings (SSSR count). The highest BCUT2D eigenvalue weighted by Gasteiger charge is 2.08. The highest BCUT2D eigenvalue weighted by molar-refractivity contribution is 5.42. The van der Waals surface area contributed by atoms with Gasteiger partial charge in [0.15, 0.2) is 11.5 Å². The van der Waals surface area contributed by atoms with Crippen LogP contribution in [0.2, 0.25) is 0 Å². The van der Waals surface area contributed by atoms with Crippen LogP contribution in [0.25, 0.3) is 5.65 Å². The summed E-state index contributed by atoms with van der Waals surface area (Å²) < 4.78 is 7.12. The molecule has 0 bridgehead atoms. The summed E-state index contributed by atoms with van der Waals surface area (Å²) in [6, 6.07) is 11.8. The number of hydrogen-bond donors (Lipinski definition) is 1. The van der Waals surface area contributed by atoms with Gasteiger partial charge in [0.05, 0.1) is 7.11 Å². The molecule has 0 fully saturated rings. The van der Waals surface area contributed by atoms with Crippen LogP contribution in [0.1, 0.15) is 17.0 Å². The first-order chi connectivity index (χ1) is 9.80. The largest absolute Gasteiger partial charge is 0.496 e. The summed E-state index contributed by atoms with van der Waals surface area (Å²) in [6.45, 7) is 0.505. The second-order valence-electron chi connectivity index (χ2n) is 4.56. The first kappa shape index (κ1) is 12.6. The number of para-hydroxylation sites is 1. The molecule has 0 aliphatic heterocycles. The molecule has 0 saturated heterocycles. The number of methoxy groups -OCH3 is 1. The Morgan fingerprint density at radius 1 is 1.25 bits per heavy atom. The van der Waals surface area contributed by atoms with Gasteiger partial charge in [0.1, 0.15) is 5.75 Å². The maximum atomic E-state index is 5.64. The number of nitrogens with two attached hydrogens (primary N) is 1. The molecule has 0 aliphatic rings. The zero-order chi connectivity index (χ0) is 13.9. The SMILES string of the molecule is COc1ccccc1Cc1nc2cc(CN)ccn2n1. The lowest BCUT2D eigenvalue weighted by Crippen LogP contribution is -1.97. The van der Waals surface area contributed by atoms with Gasteiger partial charge in [-0.1, -0.05) is 18.2 Å². The third-order valence-corrected chi connectivity index (χ3v) is 3.22. The van der Waals surface area contributed by atoms with Crippen LogP contribution < -0.4 is 10.5 Å². The van der Waals surface area contributed by atoms with E-state index >= 15 is 0 Å². The van der Waals surface area contributed by atoms with Crippen LogP contribution >= 0.6 is 0 Å². The third kappa shape index (κ3) is 2.35. The Hall–Kier alpha value is -2.40. The van der Waals surface area contributed by atoms with Crippen molar-refractivity contribution in [3.63, 3.8) is 0 Å². The van der Waals surface area contributed by atoms with Crippen LogP contribution in [-0.4, -0.2) is 21.7 Å². The van der Waals surface area contributed by atoms with Crippen LogP contribution in [0, 0.1) is 0 Å². The van der Waals surface area contributed by atoms with Crippen molar-refractivity contribution in [1.82, 2.24) is 14.6 Å². The second kappa shape index (κ2) is 5.30. The van der Waals surface area contributed by atoms with E-state index in [-0.39, 0.29) is 0 Å². The van der Waals surface area contributed by atoms with Crippen LogP contribution in [0.5, 0.6) is 5.75 Å². The molecule has 0 spiro atoms. The van der Waals surface area contributed by atoms with E-state index < -0.39 is 0 Å². The summed E-state index contributed by atoms with van der Waals surface area (Å²) in [5.74, 6) is 1.62. The molecule has 3 aromatic rings. The lowest BCUT2D eigenvalue weighted by molar-refractivity contribution is 0.410. The molecular formula is C15H16N4O. The quantitative estimate of drug-likeness (QED) is 0.783. The fourth-order valence-corrected chi connectivity index (χ4v) is 2.19. The van der Waals surface area contributed by atoms with Gasteiger partial charge >= 0.3 is 0 Å². The molecule has 0 saturated carbocycles. The lowest BCUT2D eigenvalue weighted by atomic mass is 10.1. The van der Waals surface area contributed by atoms with Gasteiger partial charge in [-0.3, -0.25) is 0 Å². The normalized spacial score (nSPS) is 10.9. The maximum Gasteiger partial charge on any atom is 0.156 e. The summed E-state index contributed by atoms with van der Waals surface area (Å²) >= 11 is 0. The summed E-state index contributed by atoms with van der Waals surface area (Å²) in [7, 11) is 1.67. The van der Waals surface area contributed by atoms with E-state index in [9.17, 15) is 0 Å². The summed E-state index contributed by atoms with van der Waals surface area (Å²) in [4.78, 5) is 4.53. The number of aromatic nitrogens is 3. The lowest BCUT2D eigenvalue weighted by Gasteiger charge is -2.05. The van der Waals surface area contributed by atoms with Crippen molar-refractivity contribution < 1.29 is 4.74 Å². The summed E-state index contributed by atoms with van der Waals surface area (Å²) in [6.07, 6.45) is 2.53. The first-order valence-electron chi connectivity index (χ1n) is 6.46. The molecule has 0 atom stereocenters. The van der Waals surface area contributed by atoms with E-state index in [0.717, 1.165) is 28.3 Å². The first-order valence-corrected chi connectivity index (χ1v) is 6.46. The monoisotopic (exact) mass is 268 g/mol. The van der Waals surface area contributed by atoms with Crippen molar-refractivity contribution >= 4 is 5.65 Å². The highest BCUT2D eigenvalue weighted by atomic mass is 16.5. The predicted molar refractivity (Wildman–Crippen MR) is 76.7 cm³/mol. The molecule has 0 radical (unpaired) electrons. The van der Waals surface area contributed by atoms with E-state index in [4.69, 9.17) is 10.5 Å². The molecule has 20 heavy (non-hydrogen) atoms. The Bertz CT molecular complexity index is 736. The number of ether oxygens (including phenoxy) is 1. The van der Waals surface area contributed by atoms with Gasteiger partial charge < -0.3 is 10.5 Å². The minimum Gasteiger partial charge on any atom is -0.496 e. The van der Waals surface area contributed by atoms with Crippen molar-refractivity contribution in [3.8, 4) is 5.75 Å². The van der Waals surface area contributed by atoms with Gasteiger partial charge in [0.2, 0.25) is 0 Å². The van der Waals surface area contributed by atoms with Crippen molar-refractivity contribution in [3.05, 3.63) is 59.5 Å². The molecule has 0 amide bonds. The van der Waals surface area contributed by atoms with Crippen LogP contribution in [0.3, 0.4) is 0 Å². The number of benzene rings is 1. The van der Waals surface area contributed by atoms with Gasteiger partial charge in [-0.25, -0.2) is 9.50 Å². The van der Waals surface area contributed by atoms with E-state index in [1.807, 2.05) is 42.6 Å². The smallest absolute Gasteiger partial charge is 0.156 e. The van der Waals surface area contributed by atoms with E-state index in [2.05, 4.69) is 10.1 Å². The predicted octanol–water partition coefficient (Wildman–Crippen LogP) is 1.79. The molecular weight excluding hydrogens is 252 g/mol. The molecule has 2 heterocycles. The average Bonchev–Trinajstić information content (AvgIpc) is 2.89. The molecule has 0 unspecified atom stereocenters. The molecule has 1 aromatic carbocycles. The zero-order valence-electron chi connectivity index (χ0n) is 11.3. The van der Waals surface area contributed by atoms with Gasteiger partial charge in [-0.2, -0.15) is 5.10 Å². The summed E-state index contributed by atoms with van der Waals surface area (Å²) in [5, 5.41) is 4.47. The molecule has 2 N–H and O–H groups in total. The van der Waals surface area contributed by atoms with Crippen LogP contribution in [-0.2, 0) is 13.0 Å². The minimum atomic E-state index is 0.505. The number of pyridine rings is 1. The zero-order valence-corrected chi connectivity index (χ0v) is 11.3. The Balaban J connectivity index is 1.94. The number of fused-ring (bicyclic) bond motifs is 1. The van der Waals surface area contributed by atoms with Gasteiger partial charge in [-0.15, -0.1) is 0 Å². The molecule has 0 aliphatic carbocycles. The molecule has 2 aromatic heterocycles. The Kier molecular flexibility index (Phi) is 3.35. The Labute approximate surface area is 117 Å². The van der Waals surface area contributed by atoms with Crippen molar-refractivity contribution in [2.75, 3.05) is 7.11 Å². The van der Waals surface area contributed by atoms with Gasteiger partial charge in [0, 0.05) is 24.7 Å². The number of hydrogen-bond acceptors (Lipinski definition) is 4. The van der Waals surface area contributed by atoms with Crippen LogP contribution in [0.4, 0.5) is 0 Å².